The van der Waals surface area contributed by atoms with Crippen molar-refractivity contribution in [3.8, 4) is 0 Å². The molecule has 0 amide bonds. The van der Waals surface area contributed by atoms with Gasteiger partial charge in [0.05, 0.1) is 12.6 Å². The van der Waals surface area contributed by atoms with Crippen LogP contribution in [0.3, 0.4) is 0 Å². The molecule has 1 N–H and O–H groups in total. The highest BCUT2D eigenvalue weighted by atomic mass is 35.5. The van der Waals surface area contributed by atoms with Crippen molar-refractivity contribution in [1.29, 1.82) is 0 Å². The van der Waals surface area contributed by atoms with Crippen LogP contribution in [0, 0.1) is 5.41 Å². The Morgan fingerprint density at radius 2 is 2.25 bits per heavy atom. The Hall–Kier alpha value is -0.570. The second kappa shape index (κ2) is 4.36. The minimum Gasteiger partial charge on any atom is -0.301 e. The predicted molar refractivity (Wildman–Crippen MR) is 66.4 cm³/mol. The Morgan fingerprint density at radius 3 is 2.94 bits per heavy atom. The van der Waals surface area contributed by atoms with Gasteiger partial charge in [-0.25, -0.2) is 0 Å². The second-order valence-electron chi connectivity index (χ2n) is 4.99. The van der Waals surface area contributed by atoms with Gasteiger partial charge in [0.2, 0.25) is 0 Å². The number of hydrogen-bond acceptors (Lipinski definition) is 2. The highest BCUT2D eigenvalue weighted by Crippen LogP contribution is 2.45. The van der Waals surface area contributed by atoms with Crippen LogP contribution < -0.4 is 5.48 Å². The van der Waals surface area contributed by atoms with Crippen molar-refractivity contribution in [2.24, 2.45) is 5.41 Å². The van der Waals surface area contributed by atoms with Crippen LogP contribution in [-0.2, 0) is 11.3 Å². The number of hydroxylamine groups is 1. The minimum atomic E-state index is 0.169. The van der Waals surface area contributed by atoms with Crippen molar-refractivity contribution < 1.29 is 4.84 Å². The lowest BCUT2D eigenvalue weighted by Gasteiger charge is -2.27. The molecule has 0 bridgehead atoms. The average molecular weight is 240 g/mol. The molecule has 1 aliphatic rings. The van der Waals surface area contributed by atoms with Crippen LogP contribution >= 0.6 is 11.6 Å². The summed E-state index contributed by atoms with van der Waals surface area (Å²) in [5, 5.41) is 0.791. The maximum Gasteiger partial charge on any atom is 0.0654 e. The summed E-state index contributed by atoms with van der Waals surface area (Å²) >= 11 is 6.05. The summed E-state index contributed by atoms with van der Waals surface area (Å²) < 4.78 is 0. The largest absolute Gasteiger partial charge is 0.301 e. The fourth-order valence-electron chi connectivity index (χ4n) is 2.40. The van der Waals surface area contributed by atoms with Gasteiger partial charge in [-0.2, -0.15) is 5.48 Å². The Labute approximate surface area is 102 Å². The maximum atomic E-state index is 6.05. The molecule has 2 nitrogen and oxygen atoms in total. The predicted octanol–water partition coefficient (Wildman–Crippen LogP) is 3.50. The first-order valence-electron chi connectivity index (χ1n) is 5.70. The molecule has 1 aromatic carbocycles. The highest BCUT2D eigenvalue weighted by Gasteiger charge is 2.39. The van der Waals surface area contributed by atoms with E-state index in [1.165, 1.54) is 11.1 Å². The summed E-state index contributed by atoms with van der Waals surface area (Å²) in [6.07, 6.45) is 1.06. The summed E-state index contributed by atoms with van der Waals surface area (Å²) in [7, 11) is 0. The molecule has 0 fully saturated rings. The summed E-state index contributed by atoms with van der Waals surface area (Å²) in [4.78, 5) is 5.36. The fraction of sp³-hybridized carbons (Fsp3) is 0.538. The summed E-state index contributed by atoms with van der Waals surface area (Å²) in [5.41, 5.74) is 5.95. The Kier molecular flexibility index (Phi) is 3.24. The molecule has 1 atom stereocenters. The lowest BCUT2D eigenvalue weighted by atomic mass is 9.86. The maximum absolute atomic E-state index is 6.05. The Morgan fingerprint density at radius 1 is 1.50 bits per heavy atom. The third-order valence-electron chi connectivity index (χ3n) is 3.19. The molecule has 1 aromatic rings. The number of benzene rings is 1. The van der Waals surface area contributed by atoms with Crippen molar-refractivity contribution in [1.82, 2.24) is 5.48 Å². The van der Waals surface area contributed by atoms with Gasteiger partial charge >= 0.3 is 0 Å². The molecule has 0 saturated heterocycles. The van der Waals surface area contributed by atoms with Gasteiger partial charge in [0.1, 0.15) is 0 Å². The molecule has 88 valence electrons. The summed E-state index contributed by atoms with van der Waals surface area (Å²) in [5.74, 6) is 0. The summed E-state index contributed by atoms with van der Waals surface area (Å²) in [6.45, 7) is 7.14. The first kappa shape index (κ1) is 11.9. The average Bonchev–Trinajstić information content (AvgIpc) is 2.45. The second-order valence-corrected chi connectivity index (χ2v) is 5.43. The molecule has 0 saturated carbocycles. The molecule has 16 heavy (non-hydrogen) atoms. The molecule has 0 heterocycles. The van der Waals surface area contributed by atoms with E-state index in [1.807, 2.05) is 19.1 Å². The molecular formula is C13H18ClNO. The lowest BCUT2D eigenvalue weighted by Crippen LogP contribution is -2.31. The molecule has 2 rings (SSSR count). The molecule has 0 spiro atoms. The monoisotopic (exact) mass is 239 g/mol. The van der Waals surface area contributed by atoms with Crippen LogP contribution in [0.25, 0.3) is 0 Å². The summed E-state index contributed by atoms with van der Waals surface area (Å²) in [6, 6.07) is 6.34. The van der Waals surface area contributed by atoms with Gasteiger partial charge in [-0.1, -0.05) is 31.5 Å². The quantitative estimate of drug-likeness (QED) is 0.816. The van der Waals surface area contributed by atoms with Crippen LogP contribution in [0.4, 0.5) is 0 Å². The van der Waals surface area contributed by atoms with Crippen LogP contribution in [0.1, 0.15) is 37.9 Å². The van der Waals surface area contributed by atoms with Crippen molar-refractivity contribution >= 4 is 11.6 Å². The zero-order valence-electron chi connectivity index (χ0n) is 10.0. The fourth-order valence-corrected chi connectivity index (χ4v) is 2.58. The number of halogens is 1. The molecule has 1 aliphatic carbocycles. The topological polar surface area (TPSA) is 21.3 Å². The van der Waals surface area contributed by atoms with Gasteiger partial charge in [0.25, 0.3) is 0 Å². The van der Waals surface area contributed by atoms with Crippen LogP contribution in [0.2, 0.25) is 5.02 Å². The molecule has 1 unspecified atom stereocenters. The first-order chi connectivity index (χ1) is 7.54. The molecule has 3 heteroatoms. The number of fused-ring (bicyclic) bond motifs is 1. The van der Waals surface area contributed by atoms with Crippen molar-refractivity contribution in [3.63, 3.8) is 0 Å². The zero-order valence-corrected chi connectivity index (χ0v) is 10.8. The van der Waals surface area contributed by atoms with E-state index in [4.69, 9.17) is 16.4 Å². The number of nitrogens with one attached hydrogen (secondary N) is 1. The van der Waals surface area contributed by atoms with Gasteiger partial charge in [0, 0.05) is 5.02 Å². The third kappa shape index (κ3) is 2.10. The van der Waals surface area contributed by atoms with E-state index < -0.39 is 0 Å². The third-order valence-corrected chi connectivity index (χ3v) is 3.43. The van der Waals surface area contributed by atoms with Gasteiger partial charge in [-0.15, -0.1) is 0 Å². The van der Waals surface area contributed by atoms with E-state index in [0.29, 0.717) is 6.61 Å². The van der Waals surface area contributed by atoms with Crippen LogP contribution in [0.15, 0.2) is 18.2 Å². The van der Waals surface area contributed by atoms with Gasteiger partial charge < -0.3 is 4.84 Å². The van der Waals surface area contributed by atoms with Crippen molar-refractivity contribution in [3.05, 3.63) is 34.3 Å². The first-order valence-corrected chi connectivity index (χ1v) is 6.08. The number of rotatable bonds is 3. The molecule has 0 aromatic heterocycles. The Bertz CT molecular complexity index is 390. The van der Waals surface area contributed by atoms with E-state index in [1.54, 1.807) is 0 Å². The smallest absolute Gasteiger partial charge is 0.0654 e. The van der Waals surface area contributed by atoms with Gasteiger partial charge in [-0.3, -0.25) is 0 Å². The van der Waals surface area contributed by atoms with Crippen molar-refractivity contribution in [2.75, 3.05) is 6.61 Å². The van der Waals surface area contributed by atoms with Crippen LogP contribution in [-0.4, -0.2) is 6.61 Å². The van der Waals surface area contributed by atoms with E-state index in [-0.39, 0.29) is 11.5 Å². The van der Waals surface area contributed by atoms with Gasteiger partial charge in [-0.05, 0) is 42.0 Å². The van der Waals surface area contributed by atoms with E-state index >= 15 is 0 Å². The van der Waals surface area contributed by atoms with Crippen molar-refractivity contribution in [2.45, 2.75) is 33.2 Å². The van der Waals surface area contributed by atoms with E-state index in [2.05, 4.69) is 25.4 Å². The van der Waals surface area contributed by atoms with Crippen LogP contribution in [0.5, 0.6) is 0 Å². The number of hydrogen-bond donors (Lipinski definition) is 1. The lowest BCUT2D eigenvalue weighted by molar-refractivity contribution is -0.00433. The standard InChI is InChI=1S/C13H18ClNO/c1-4-16-15-12-11-7-10(14)6-5-9(11)8-13(12,2)3/h5-7,12,15H,4,8H2,1-3H3. The zero-order chi connectivity index (χ0) is 11.8. The molecule has 0 aliphatic heterocycles. The normalized spacial score (nSPS) is 22.1. The van der Waals surface area contributed by atoms with Gasteiger partial charge in [0.15, 0.2) is 0 Å². The van der Waals surface area contributed by atoms with E-state index in [9.17, 15) is 0 Å². The SMILES string of the molecule is CCONC1c2cc(Cl)ccc2CC1(C)C. The molecular weight excluding hydrogens is 222 g/mol. The Balaban J connectivity index is 2.32. The van der Waals surface area contributed by atoms with E-state index in [0.717, 1.165) is 11.4 Å². The minimum absolute atomic E-state index is 0.169. The highest BCUT2D eigenvalue weighted by molar-refractivity contribution is 6.30. The molecule has 0 radical (unpaired) electrons.